The maximum absolute atomic E-state index is 11.2. The summed E-state index contributed by atoms with van der Waals surface area (Å²) in [5.41, 5.74) is 0.652. The molecule has 2 aromatic rings. The molecular weight excluding hydrogens is 298 g/mol. The minimum absolute atomic E-state index is 0.0262. The van der Waals surface area contributed by atoms with Gasteiger partial charge in [-0.2, -0.15) is 0 Å². The van der Waals surface area contributed by atoms with Crippen LogP contribution in [0.3, 0.4) is 0 Å². The predicted molar refractivity (Wildman–Crippen MR) is 88.7 cm³/mol. The van der Waals surface area contributed by atoms with Crippen molar-refractivity contribution >= 4 is 17.1 Å². The van der Waals surface area contributed by atoms with E-state index in [9.17, 15) is 9.90 Å². The van der Waals surface area contributed by atoms with E-state index in [2.05, 4.69) is 18.3 Å². The maximum Gasteiger partial charge on any atom is 0.159 e. The zero-order chi connectivity index (χ0) is 15.9. The van der Waals surface area contributed by atoms with Crippen molar-refractivity contribution in [2.75, 3.05) is 13.2 Å². The molecule has 0 spiro atoms. The van der Waals surface area contributed by atoms with Gasteiger partial charge in [-0.15, -0.1) is 11.3 Å². The second kappa shape index (κ2) is 8.08. The number of nitrogens with one attached hydrogen (secondary N) is 1. The van der Waals surface area contributed by atoms with Gasteiger partial charge in [0.15, 0.2) is 5.78 Å². The number of hydrogen-bond donors (Lipinski definition) is 2. The number of hydrogen-bond acceptors (Lipinski definition) is 5. The highest BCUT2D eigenvalue weighted by Gasteiger charge is 2.10. The highest BCUT2D eigenvalue weighted by molar-refractivity contribution is 7.10. The van der Waals surface area contributed by atoms with E-state index in [0.29, 0.717) is 17.9 Å². The normalized spacial score (nSPS) is 13.6. The van der Waals surface area contributed by atoms with Gasteiger partial charge in [-0.3, -0.25) is 4.79 Å². The van der Waals surface area contributed by atoms with E-state index >= 15 is 0 Å². The van der Waals surface area contributed by atoms with E-state index < -0.39 is 6.10 Å². The third-order valence-corrected chi connectivity index (χ3v) is 4.39. The predicted octanol–water partition coefficient (Wildman–Crippen LogP) is 3.04. The summed E-state index contributed by atoms with van der Waals surface area (Å²) in [5, 5.41) is 15.3. The number of thiophene rings is 1. The molecule has 0 fully saturated rings. The van der Waals surface area contributed by atoms with E-state index in [-0.39, 0.29) is 18.4 Å². The lowest BCUT2D eigenvalue weighted by Crippen LogP contribution is -2.32. The first-order valence-electron chi connectivity index (χ1n) is 7.25. The average Bonchev–Trinajstić information content (AvgIpc) is 3.05. The van der Waals surface area contributed by atoms with Crippen LogP contribution in [0, 0.1) is 0 Å². The fraction of sp³-hybridized carbons (Fsp3) is 0.353. The van der Waals surface area contributed by atoms with Crippen LogP contribution in [0.5, 0.6) is 5.75 Å². The molecule has 0 amide bonds. The standard InChI is InChI=1S/C17H21NO3S/c1-12(17-4-3-9-22-17)18-10-15(20)11-21-16-7-5-14(6-8-16)13(2)19/h3-9,12,15,18,20H,10-11H2,1-2H3. The Morgan fingerprint density at radius 2 is 2.05 bits per heavy atom. The van der Waals surface area contributed by atoms with Crippen molar-refractivity contribution in [1.29, 1.82) is 0 Å². The molecule has 0 saturated heterocycles. The Bertz CT molecular complexity index is 580. The van der Waals surface area contributed by atoms with Crippen LogP contribution in [-0.4, -0.2) is 30.1 Å². The van der Waals surface area contributed by atoms with Gasteiger partial charge in [0.05, 0.1) is 0 Å². The summed E-state index contributed by atoms with van der Waals surface area (Å²) in [6.07, 6.45) is -0.588. The quantitative estimate of drug-likeness (QED) is 0.734. The molecule has 4 nitrogen and oxygen atoms in total. The van der Waals surface area contributed by atoms with Crippen molar-refractivity contribution in [1.82, 2.24) is 5.32 Å². The van der Waals surface area contributed by atoms with Crippen LogP contribution in [0.4, 0.5) is 0 Å². The molecule has 1 heterocycles. The number of rotatable bonds is 8. The van der Waals surface area contributed by atoms with E-state index in [1.54, 1.807) is 35.6 Å². The van der Waals surface area contributed by atoms with Crippen molar-refractivity contribution in [2.45, 2.75) is 26.0 Å². The lowest BCUT2D eigenvalue weighted by molar-refractivity contribution is 0.101. The van der Waals surface area contributed by atoms with E-state index in [4.69, 9.17) is 4.74 Å². The highest BCUT2D eigenvalue weighted by Crippen LogP contribution is 2.18. The number of carbonyl (C=O) groups is 1. The SMILES string of the molecule is CC(=O)c1ccc(OCC(O)CNC(C)c2cccs2)cc1. The molecule has 22 heavy (non-hydrogen) atoms. The maximum atomic E-state index is 11.2. The largest absolute Gasteiger partial charge is 0.491 e. The Hall–Kier alpha value is -1.69. The first-order valence-corrected chi connectivity index (χ1v) is 8.13. The smallest absolute Gasteiger partial charge is 0.159 e. The Morgan fingerprint density at radius 3 is 2.64 bits per heavy atom. The van der Waals surface area contributed by atoms with Gasteiger partial charge < -0.3 is 15.2 Å². The molecule has 1 aromatic heterocycles. The molecule has 0 bridgehead atoms. The summed E-state index contributed by atoms with van der Waals surface area (Å²) in [6.45, 7) is 4.27. The molecular formula is C17H21NO3S. The molecule has 0 radical (unpaired) electrons. The summed E-state index contributed by atoms with van der Waals surface area (Å²) in [6, 6.07) is 11.2. The molecule has 0 aliphatic carbocycles. The topological polar surface area (TPSA) is 58.6 Å². The van der Waals surface area contributed by atoms with Crippen molar-refractivity contribution in [3.63, 3.8) is 0 Å². The average molecular weight is 319 g/mol. The summed E-state index contributed by atoms with van der Waals surface area (Å²) < 4.78 is 5.53. The number of aliphatic hydroxyl groups is 1. The van der Waals surface area contributed by atoms with Crippen LogP contribution in [0.1, 0.15) is 35.1 Å². The Balaban J connectivity index is 1.73. The van der Waals surface area contributed by atoms with Gasteiger partial charge in [-0.05, 0) is 49.6 Å². The van der Waals surface area contributed by atoms with Crippen molar-refractivity contribution < 1.29 is 14.6 Å². The van der Waals surface area contributed by atoms with Gasteiger partial charge in [0.1, 0.15) is 18.5 Å². The molecule has 1 aromatic carbocycles. The molecule has 0 saturated carbocycles. The summed E-state index contributed by atoms with van der Waals surface area (Å²) in [5.74, 6) is 0.675. The highest BCUT2D eigenvalue weighted by atomic mass is 32.1. The van der Waals surface area contributed by atoms with E-state index in [1.165, 1.54) is 11.8 Å². The third kappa shape index (κ3) is 4.94. The van der Waals surface area contributed by atoms with Gasteiger partial charge in [0, 0.05) is 23.0 Å². The van der Waals surface area contributed by atoms with Crippen molar-refractivity contribution in [3.8, 4) is 5.75 Å². The summed E-state index contributed by atoms with van der Waals surface area (Å²) >= 11 is 1.69. The molecule has 0 aliphatic heterocycles. The van der Waals surface area contributed by atoms with Gasteiger partial charge in [-0.25, -0.2) is 0 Å². The fourth-order valence-electron chi connectivity index (χ4n) is 1.99. The molecule has 5 heteroatoms. The molecule has 118 valence electrons. The second-order valence-corrected chi connectivity index (χ2v) is 6.17. The lowest BCUT2D eigenvalue weighted by atomic mass is 10.1. The molecule has 2 N–H and O–H groups in total. The summed E-state index contributed by atoms with van der Waals surface area (Å²) in [7, 11) is 0. The minimum Gasteiger partial charge on any atom is -0.491 e. The zero-order valence-corrected chi connectivity index (χ0v) is 13.6. The molecule has 2 unspecified atom stereocenters. The van der Waals surface area contributed by atoms with Crippen molar-refractivity contribution in [3.05, 3.63) is 52.2 Å². The van der Waals surface area contributed by atoms with Crippen LogP contribution >= 0.6 is 11.3 Å². The number of ketones is 1. The van der Waals surface area contributed by atoms with E-state index in [1.807, 2.05) is 11.4 Å². The van der Waals surface area contributed by atoms with Gasteiger partial charge in [-0.1, -0.05) is 6.07 Å². The Kier molecular flexibility index (Phi) is 6.12. The van der Waals surface area contributed by atoms with Gasteiger partial charge in [0.2, 0.25) is 0 Å². The van der Waals surface area contributed by atoms with Crippen LogP contribution < -0.4 is 10.1 Å². The molecule has 0 aliphatic rings. The van der Waals surface area contributed by atoms with Crippen molar-refractivity contribution in [2.24, 2.45) is 0 Å². The van der Waals surface area contributed by atoms with Gasteiger partial charge in [0.25, 0.3) is 0 Å². The van der Waals surface area contributed by atoms with Crippen LogP contribution in [0.15, 0.2) is 41.8 Å². The van der Waals surface area contributed by atoms with Crippen LogP contribution in [0.2, 0.25) is 0 Å². The first kappa shape index (κ1) is 16.7. The van der Waals surface area contributed by atoms with Crippen LogP contribution in [0.25, 0.3) is 0 Å². The Morgan fingerprint density at radius 1 is 1.32 bits per heavy atom. The minimum atomic E-state index is -0.588. The number of aliphatic hydroxyl groups excluding tert-OH is 1. The fourth-order valence-corrected chi connectivity index (χ4v) is 2.75. The Labute approximate surface area is 134 Å². The molecule has 2 atom stereocenters. The van der Waals surface area contributed by atoms with E-state index in [0.717, 1.165) is 0 Å². The number of Topliss-reactive ketones (excluding diaryl/α,β-unsaturated/α-hetero) is 1. The third-order valence-electron chi connectivity index (χ3n) is 3.33. The molecule has 2 rings (SSSR count). The van der Waals surface area contributed by atoms with Crippen LogP contribution in [-0.2, 0) is 0 Å². The number of carbonyl (C=O) groups excluding carboxylic acids is 1. The van der Waals surface area contributed by atoms with Gasteiger partial charge >= 0.3 is 0 Å². The lowest BCUT2D eigenvalue weighted by Gasteiger charge is -2.17. The summed E-state index contributed by atoms with van der Waals surface area (Å²) in [4.78, 5) is 12.4. The first-order chi connectivity index (χ1) is 10.6. The number of ether oxygens (including phenoxy) is 1. The number of benzene rings is 1. The monoisotopic (exact) mass is 319 g/mol. The second-order valence-electron chi connectivity index (χ2n) is 5.19. The zero-order valence-electron chi connectivity index (χ0n) is 12.8.